The predicted octanol–water partition coefficient (Wildman–Crippen LogP) is 22.6. The molecule has 0 saturated carbocycles. The summed E-state index contributed by atoms with van der Waals surface area (Å²) in [6.07, 6.45) is 0. The molecule has 0 N–H and O–H groups in total. The molecule has 0 saturated heterocycles. The fraction of sp³-hybridized carbons (Fsp3) is 0.0256. The summed E-state index contributed by atoms with van der Waals surface area (Å²) in [6.45, 7) is 4.27. The average molecular weight is 1050 g/mol. The second kappa shape index (κ2) is 19.0. The summed E-state index contributed by atoms with van der Waals surface area (Å²) >= 11 is 0. The molecule has 0 aliphatic carbocycles. The molecule has 4 heteroatoms. The van der Waals surface area contributed by atoms with Crippen molar-refractivity contribution in [3.8, 4) is 44.5 Å². The van der Waals surface area contributed by atoms with Gasteiger partial charge in [0.1, 0.15) is 11.2 Å². The van der Waals surface area contributed by atoms with Gasteiger partial charge in [-0.1, -0.05) is 231 Å². The van der Waals surface area contributed by atoms with Crippen LogP contribution in [0, 0.1) is 13.8 Å². The first-order valence-corrected chi connectivity index (χ1v) is 28.1. The van der Waals surface area contributed by atoms with Gasteiger partial charge >= 0.3 is 0 Å². The maximum absolute atomic E-state index is 7.10. The minimum atomic E-state index is 0.837. The van der Waals surface area contributed by atoms with Crippen molar-refractivity contribution in [1.29, 1.82) is 0 Å². The summed E-state index contributed by atoms with van der Waals surface area (Å²) < 4.78 is 14.2. The van der Waals surface area contributed by atoms with E-state index in [1.165, 1.54) is 10.8 Å². The van der Waals surface area contributed by atoms with Gasteiger partial charge in [-0.05, 0) is 128 Å². The SMILES string of the molecule is Cc1cccc2c1oc1c(N(c3ccc(-c4ccccc4)cc3-c3ccccc3)c3ccc4ccc5c(N(c6ccc(-c7ccccc7)cc6-c6ccccc6)c6cccc7c6oc6c(C)cccc67)ccc6ccc3c4c65)cccc12. The standard InChI is InChI=1S/C78H52N2O2/c1-49-19-15-29-59-61-31-17-33-71(77(61)81-75(49)59)79(69-45-39-57(51-21-7-3-8-22-51)47-65(69)53-25-11-5-12-26-53)67-43-37-55-36-42-64-68(44-38-56-35-41-63(67)73(55)74(56)64)80(72-34-18-32-62-60-30-16-20-50(2)76(60)82-78(62)72)70-46-40-58(52-23-9-4-10-24-52)48-66(70)54-27-13-6-14-28-54/h3-48H,1-2H3. The quantitative estimate of drug-likeness (QED) is 0.128. The van der Waals surface area contributed by atoms with Crippen LogP contribution in [0.25, 0.3) is 121 Å². The lowest BCUT2D eigenvalue weighted by atomic mass is 9.90. The van der Waals surface area contributed by atoms with Crippen molar-refractivity contribution in [3.63, 3.8) is 0 Å². The zero-order valence-electron chi connectivity index (χ0n) is 45.3. The van der Waals surface area contributed by atoms with E-state index in [0.29, 0.717) is 0 Å². The van der Waals surface area contributed by atoms with E-state index in [9.17, 15) is 0 Å². The van der Waals surface area contributed by atoms with Gasteiger partial charge in [0.25, 0.3) is 0 Å². The van der Waals surface area contributed by atoms with Crippen LogP contribution < -0.4 is 9.80 Å². The van der Waals surface area contributed by atoms with E-state index in [-0.39, 0.29) is 0 Å². The maximum Gasteiger partial charge on any atom is 0.159 e. The van der Waals surface area contributed by atoms with Crippen molar-refractivity contribution >= 4 is 110 Å². The van der Waals surface area contributed by atoms with Gasteiger partial charge in [0.2, 0.25) is 0 Å². The lowest BCUT2D eigenvalue weighted by Gasteiger charge is -2.31. The minimum absolute atomic E-state index is 0.837. The van der Waals surface area contributed by atoms with Crippen LogP contribution in [-0.4, -0.2) is 0 Å². The first-order valence-electron chi connectivity index (χ1n) is 28.1. The third-order valence-electron chi connectivity index (χ3n) is 16.8. The predicted molar refractivity (Wildman–Crippen MR) is 345 cm³/mol. The van der Waals surface area contributed by atoms with E-state index in [2.05, 4.69) is 303 Å². The summed E-state index contributed by atoms with van der Waals surface area (Å²) in [5, 5.41) is 11.3. The van der Waals surface area contributed by atoms with Crippen molar-refractivity contribution < 1.29 is 8.83 Å². The van der Waals surface area contributed by atoms with Crippen LogP contribution in [0.5, 0.6) is 0 Å². The van der Waals surface area contributed by atoms with Crippen molar-refractivity contribution in [2.45, 2.75) is 13.8 Å². The molecule has 4 nitrogen and oxygen atoms in total. The van der Waals surface area contributed by atoms with E-state index < -0.39 is 0 Å². The summed E-state index contributed by atoms with van der Waals surface area (Å²) in [6, 6.07) is 101. The van der Waals surface area contributed by atoms with Gasteiger partial charge in [0.15, 0.2) is 11.2 Å². The first-order chi connectivity index (χ1) is 40.5. The van der Waals surface area contributed by atoms with Crippen LogP contribution in [0.2, 0.25) is 0 Å². The summed E-state index contributed by atoms with van der Waals surface area (Å²) in [5.74, 6) is 0. The Bertz CT molecular complexity index is 4800. The number of rotatable bonds is 10. The Kier molecular flexibility index (Phi) is 11.0. The Hall–Kier alpha value is -10.7. The molecule has 0 fully saturated rings. The zero-order valence-corrected chi connectivity index (χ0v) is 45.3. The Morgan fingerprint density at radius 2 is 0.573 bits per heavy atom. The van der Waals surface area contributed by atoms with Crippen LogP contribution in [0.4, 0.5) is 34.1 Å². The number of hydrogen-bond acceptors (Lipinski definition) is 4. The Morgan fingerprint density at radius 1 is 0.232 bits per heavy atom. The van der Waals surface area contributed by atoms with Crippen LogP contribution in [0.1, 0.15) is 11.1 Å². The number of para-hydroxylation sites is 4. The molecule has 0 atom stereocenters. The van der Waals surface area contributed by atoms with Gasteiger partial charge in [0, 0.05) is 43.4 Å². The Morgan fingerprint density at radius 3 is 0.976 bits per heavy atom. The number of furan rings is 2. The molecule has 0 amide bonds. The Balaban J connectivity index is 0.986. The van der Waals surface area contributed by atoms with E-state index >= 15 is 0 Å². The van der Waals surface area contributed by atoms with Crippen LogP contribution in [0.3, 0.4) is 0 Å². The molecular formula is C78H52N2O2. The third-order valence-corrected chi connectivity index (χ3v) is 16.8. The van der Waals surface area contributed by atoms with Crippen molar-refractivity contribution in [2.24, 2.45) is 0 Å². The maximum atomic E-state index is 7.10. The molecule has 82 heavy (non-hydrogen) atoms. The van der Waals surface area contributed by atoms with Crippen molar-refractivity contribution in [3.05, 3.63) is 290 Å². The van der Waals surface area contributed by atoms with Gasteiger partial charge in [0.05, 0.1) is 34.1 Å². The topological polar surface area (TPSA) is 32.8 Å². The second-order valence-corrected chi connectivity index (χ2v) is 21.6. The molecule has 0 bridgehead atoms. The van der Waals surface area contributed by atoms with Crippen LogP contribution in [-0.2, 0) is 0 Å². The molecule has 0 aliphatic heterocycles. The van der Waals surface area contributed by atoms with Gasteiger partial charge in [-0.2, -0.15) is 0 Å². The van der Waals surface area contributed by atoms with Gasteiger partial charge in [-0.25, -0.2) is 0 Å². The highest BCUT2D eigenvalue weighted by atomic mass is 16.3. The van der Waals surface area contributed by atoms with E-state index in [1.807, 2.05) is 0 Å². The van der Waals surface area contributed by atoms with E-state index in [4.69, 9.17) is 8.83 Å². The van der Waals surface area contributed by atoms with E-state index in [1.54, 1.807) is 0 Å². The molecule has 16 rings (SSSR count). The number of nitrogens with zero attached hydrogens (tertiary/aromatic N) is 2. The third kappa shape index (κ3) is 7.53. The fourth-order valence-corrected chi connectivity index (χ4v) is 13.0. The van der Waals surface area contributed by atoms with Crippen LogP contribution >= 0.6 is 0 Å². The number of hydrogen-bond donors (Lipinski definition) is 0. The van der Waals surface area contributed by atoms with E-state index in [0.717, 1.165) is 155 Å². The molecule has 14 aromatic carbocycles. The normalized spacial score (nSPS) is 11.8. The summed E-state index contributed by atoms with van der Waals surface area (Å²) in [7, 11) is 0. The summed E-state index contributed by atoms with van der Waals surface area (Å²) in [4.78, 5) is 4.92. The van der Waals surface area contributed by atoms with Crippen LogP contribution in [0.15, 0.2) is 288 Å². The number of benzene rings is 14. The highest BCUT2D eigenvalue weighted by Gasteiger charge is 2.29. The highest BCUT2D eigenvalue weighted by Crippen LogP contribution is 2.53. The largest absolute Gasteiger partial charge is 0.454 e. The first kappa shape index (κ1) is 47.3. The molecule has 16 aromatic rings. The summed E-state index contributed by atoms with van der Waals surface area (Å²) in [5.41, 5.74) is 20.8. The van der Waals surface area contributed by atoms with Crippen molar-refractivity contribution in [2.75, 3.05) is 9.80 Å². The van der Waals surface area contributed by atoms with Gasteiger partial charge in [-0.3, -0.25) is 0 Å². The number of anilines is 6. The van der Waals surface area contributed by atoms with Gasteiger partial charge in [-0.15, -0.1) is 0 Å². The lowest BCUT2D eigenvalue weighted by Crippen LogP contribution is -2.13. The van der Waals surface area contributed by atoms with Crippen molar-refractivity contribution in [1.82, 2.24) is 0 Å². The Labute approximate surface area is 474 Å². The monoisotopic (exact) mass is 1050 g/mol. The number of aryl methyl sites for hydroxylation is 2. The number of fused-ring (bicyclic) bond motifs is 6. The smallest absolute Gasteiger partial charge is 0.159 e. The minimum Gasteiger partial charge on any atom is -0.454 e. The zero-order chi connectivity index (χ0) is 54.4. The fourth-order valence-electron chi connectivity index (χ4n) is 13.0. The molecule has 2 heterocycles. The molecule has 0 unspecified atom stereocenters. The highest BCUT2D eigenvalue weighted by molar-refractivity contribution is 6.29. The molecular weight excluding hydrogens is 997 g/mol. The molecule has 0 aliphatic rings. The lowest BCUT2D eigenvalue weighted by molar-refractivity contribution is 0.665. The molecule has 0 radical (unpaired) electrons. The molecule has 2 aromatic heterocycles. The average Bonchev–Trinajstić information content (AvgIpc) is 2.43. The molecule has 386 valence electrons. The van der Waals surface area contributed by atoms with Gasteiger partial charge < -0.3 is 18.6 Å². The second-order valence-electron chi connectivity index (χ2n) is 21.6. The molecule has 0 spiro atoms.